The van der Waals surface area contributed by atoms with Gasteiger partial charge in [0.05, 0.1) is 4.90 Å². The lowest BCUT2D eigenvalue weighted by Gasteiger charge is -2.40. The number of carbonyl (C=O) groups excluding carboxylic acids is 2. The number of ether oxygens (including phenoxy) is 3. The largest absolute Gasteiger partial charge is 0.454 e. The van der Waals surface area contributed by atoms with E-state index in [1.54, 1.807) is 18.0 Å². The molecule has 2 aromatic carbocycles. The molecule has 0 saturated carbocycles. The van der Waals surface area contributed by atoms with Crippen molar-refractivity contribution in [1.82, 2.24) is 19.8 Å². The maximum Gasteiger partial charge on any atom is 0.410 e. The Labute approximate surface area is 292 Å². The van der Waals surface area contributed by atoms with Gasteiger partial charge >= 0.3 is 6.09 Å². The van der Waals surface area contributed by atoms with Crippen molar-refractivity contribution in [2.45, 2.75) is 90.4 Å². The van der Waals surface area contributed by atoms with Gasteiger partial charge in [-0.2, -0.15) is 4.31 Å². The van der Waals surface area contributed by atoms with Gasteiger partial charge in [0.1, 0.15) is 11.3 Å². The van der Waals surface area contributed by atoms with Crippen molar-refractivity contribution in [1.29, 1.82) is 0 Å². The van der Waals surface area contributed by atoms with Crippen molar-refractivity contribution in [3.05, 3.63) is 54.1 Å². The van der Waals surface area contributed by atoms with E-state index < -0.39 is 21.3 Å². The lowest BCUT2D eigenvalue weighted by molar-refractivity contribution is -0.123. The van der Waals surface area contributed by atoms with Crippen LogP contribution >= 0.6 is 0 Å². The molecule has 274 valence electrons. The van der Waals surface area contributed by atoms with Gasteiger partial charge in [0.15, 0.2) is 11.5 Å². The summed E-state index contributed by atoms with van der Waals surface area (Å²) in [5.41, 5.74) is -2.02. The van der Waals surface area contributed by atoms with Crippen LogP contribution < -0.4 is 20.1 Å². The molecule has 49 heavy (non-hydrogen) atoms. The minimum atomic E-state index is -4.21. The van der Waals surface area contributed by atoms with Gasteiger partial charge in [0.2, 0.25) is 22.7 Å². The molecule has 0 bridgehead atoms. The van der Waals surface area contributed by atoms with Crippen molar-refractivity contribution in [3.63, 3.8) is 0 Å². The van der Waals surface area contributed by atoms with E-state index in [0.29, 0.717) is 31.1 Å². The van der Waals surface area contributed by atoms with Crippen LogP contribution in [0.3, 0.4) is 0 Å². The maximum absolute atomic E-state index is 14.2. The highest BCUT2D eigenvalue weighted by atomic mass is 32.2. The fraction of sp³-hybridized carbons (Fsp3) is 0.611. The highest BCUT2D eigenvalue weighted by molar-refractivity contribution is 7.89. The fourth-order valence-electron chi connectivity index (χ4n) is 5.47. The van der Waals surface area contributed by atoms with Crippen molar-refractivity contribution in [3.8, 4) is 11.5 Å². The Kier molecular flexibility index (Phi) is 13.9. The molecule has 1 aliphatic heterocycles. The van der Waals surface area contributed by atoms with Gasteiger partial charge in [0, 0.05) is 58.6 Å². The molecule has 3 N–H and O–H groups in total. The molecule has 0 fully saturated rings. The van der Waals surface area contributed by atoms with Gasteiger partial charge < -0.3 is 34.9 Å². The van der Waals surface area contributed by atoms with Gasteiger partial charge in [-0.05, 0) is 62.8 Å². The van der Waals surface area contributed by atoms with E-state index in [1.165, 1.54) is 12.1 Å². The fourth-order valence-corrected chi connectivity index (χ4v) is 7.32. The summed E-state index contributed by atoms with van der Waals surface area (Å²) < 4.78 is 45.8. The first kappa shape index (κ1) is 40.0. The first-order valence-electron chi connectivity index (χ1n) is 16.9. The van der Waals surface area contributed by atoms with Crippen LogP contribution in [0.4, 0.5) is 4.79 Å². The van der Waals surface area contributed by atoms with Crippen molar-refractivity contribution >= 4 is 22.0 Å². The second-order valence-corrected chi connectivity index (χ2v) is 16.8. The molecule has 1 atom stereocenters. The number of sulfonamides is 1. The highest BCUT2D eigenvalue weighted by Gasteiger charge is 2.43. The van der Waals surface area contributed by atoms with Crippen LogP contribution in [0.15, 0.2) is 53.4 Å². The Bertz CT molecular complexity index is 1490. The van der Waals surface area contributed by atoms with Gasteiger partial charge in [-0.25, -0.2) is 13.2 Å². The molecule has 13 heteroatoms. The van der Waals surface area contributed by atoms with Crippen molar-refractivity contribution < 1.29 is 37.3 Å². The Balaban J connectivity index is 1.64. The standard InChI is InChI=1S/C36H56N4O8S/c1-27(2)24-40(49(44,45)29-15-16-30-31(21-29)47-26-46-30)36(43,22-28-13-10-9-11-14-28)17-19-38-32(41)23-35(6,7)25-37-18-12-20-39(8)33(42)48-34(3,4)5/h9-11,13-16,21,27,37,43H,12,17-20,22-26H2,1-8H3,(H,38,41). The molecule has 1 unspecified atom stereocenters. The summed E-state index contributed by atoms with van der Waals surface area (Å²) >= 11 is 0. The summed E-state index contributed by atoms with van der Waals surface area (Å²) in [6.45, 7) is 15.1. The number of fused-ring (bicyclic) bond motifs is 1. The minimum absolute atomic E-state index is 0.00645. The Morgan fingerprint density at radius 1 is 1.00 bits per heavy atom. The number of hydrogen-bond acceptors (Lipinski definition) is 9. The van der Waals surface area contributed by atoms with Crippen LogP contribution in [0, 0.1) is 11.3 Å². The van der Waals surface area contributed by atoms with Gasteiger partial charge in [-0.3, -0.25) is 4.79 Å². The van der Waals surface area contributed by atoms with E-state index in [1.807, 2.05) is 78.8 Å². The van der Waals surface area contributed by atoms with E-state index in [-0.39, 0.29) is 67.4 Å². The molecule has 0 saturated heterocycles. The number of benzene rings is 2. The molecule has 2 amide bonds. The third-order valence-electron chi connectivity index (χ3n) is 7.90. The number of nitrogens with one attached hydrogen (secondary N) is 2. The van der Waals surface area contributed by atoms with Crippen LogP contribution in [0.5, 0.6) is 11.5 Å². The second kappa shape index (κ2) is 17.0. The molecule has 3 rings (SSSR count). The minimum Gasteiger partial charge on any atom is -0.454 e. The topological polar surface area (TPSA) is 147 Å². The SMILES string of the molecule is CC(C)CN(C(O)(CCNC(=O)CC(C)(C)CNCCCN(C)C(=O)OC(C)(C)C)Cc1ccccc1)S(=O)(=O)c1ccc2c(c1)OCO2. The van der Waals surface area contributed by atoms with Gasteiger partial charge in [-0.15, -0.1) is 0 Å². The Morgan fingerprint density at radius 3 is 2.33 bits per heavy atom. The van der Waals surface area contributed by atoms with Gasteiger partial charge in [0.25, 0.3) is 0 Å². The van der Waals surface area contributed by atoms with Crippen molar-refractivity contribution in [2.24, 2.45) is 11.3 Å². The quantitative estimate of drug-likeness (QED) is 0.148. The number of aliphatic hydroxyl groups is 1. The average molecular weight is 705 g/mol. The van der Waals surface area contributed by atoms with E-state index in [0.717, 1.165) is 16.3 Å². The van der Waals surface area contributed by atoms with Crippen molar-refractivity contribution in [2.75, 3.05) is 46.6 Å². The van der Waals surface area contributed by atoms with E-state index in [9.17, 15) is 23.1 Å². The normalized spacial score (nSPS) is 14.5. The highest BCUT2D eigenvalue weighted by Crippen LogP contribution is 2.37. The third kappa shape index (κ3) is 12.5. The molecular weight excluding hydrogens is 648 g/mol. The first-order chi connectivity index (χ1) is 22.8. The van der Waals surface area contributed by atoms with Crippen LogP contribution in [0.25, 0.3) is 0 Å². The molecule has 2 aromatic rings. The average Bonchev–Trinajstić information content (AvgIpc) is 3.47. The zero-order valence-electron chi connectivity index (χ0n) is 30.4. The zero-order chi connectivity index (χ0) is 36.5. The lowest BCUT2D eigenvalue weighted by atomic mass is 9.88. The summed E-state index contributed by atoms with van der Waals surface area (Å²) in [7, 11) is -2.50. The molecule has 0 radical (unpaired) electrons. The number of nitrogens with zero attached hydrogens (tertiary/aromatic N) is 2. The maximum atomic E-state index is 14.2. The van der Waals surface area contributed by atoms with E-state index >= 15 is 0 Å². The predicted octanol–water partition coefficient (Wildman–Crippen LogP) is 4.76. The Hall–Kier alpha value is -3.39. The third-order valence-corrected chi connectivity index (χ3v) is 9.82. The van der Waals surface area contributed by atoms with Gasteiger partial charge in [-0.1, -0.05) is 58.0 Å². The number of amides is 2. The van der Waals surface area contributed by atoms with Crippen LogP contribution in [-0.4, -0.2) is 92.6 Å². The molecule has 12 nitrogen and oxygen atoms in total. The summed E-state index contributed by atoms with van der Waals surface area (Å²) in [5, 5.41) is 18.6. The van der Waals surface area contributed by atoms with Crippen LogP contribution in [0.2, 0.25) is 0 Å². The number of hydrogen-bond donors (Lipinski definition) is 3. The Morgan fingerprint density at radius 2 is 1.67 bits per heavy atom. The number of carbonyl (C=O) groups is 2. The summed E-state index contributed by atoms with van der Waals surface area (Å²) in [4.78, 5) is 26.8. The zero-order valence-corrected chi connectivity index (χ0v) is 31.2. The smallest absolute Gasteiger partial charge is 0.410 e. The van der Waals surface area contributed by atoms with E-state index in [2.05, 4.69) is 10.6 Å². The second-order valence-electron chi connectivity index (χ2n) is 15.0. The van der Waals surface area contributed by atoms with Crippen LogP contribution in [0.1, 0.15) is 73.3 Å². The molecular formula is C36H56N4O8S. The summed E-state index contributed by atoms with van der Waals surface area (Å²) in [5.74, 6) is 0.481. The van der Waals surface area contributed by atoms with E-state index in [4.69, 9.17) is 14.2 Å². The predicted molar refractivity (Wildman–Crippen MR) is 189 cm³/mol. The van der Waals surface area contributed by atoms with Crippen LogP contribution in [-0.2, 0) is 26.0 Å². The molecule has 1 aliphatic rings. The number of rotatable bonds is 18. The lowest BCUT2D eigenvalue weighted by Crippen LogP contribution is -2.55. The summed E-state index contributed by atoms with van der Waals surface area (Å²) in [6.07, 6.45) is 0.574. The summed E-state index contributed by atoms with van der Waals surface area (Å²) in [6, 6.07) is 13.7. The molecule has 0 aliphatic carbocycles. The molecule has 0 spiro atoms. The molecule has 0 aromatic heterocycles. The molecule has 1 heterocycles. The first-order valence-corrected chi connectivity index (χ1v) is 18.4. The monoisotopic (exact) mass is 704 g/mol.